The lowest BCUT2D eigenvalue weighted by Crippen LogP contribution is -2.64. The summed E-state index contributed by atoms with van der Waals surface area (Å²) < 4.78 is 0. The number of fused-ring (bicyclic) bond motifs is 4. The van der Waals surface area contributed by atoms with Gasteiger partial charge in [-0.2, -0.15) is 0 Å². The molecule has 0 spiro atoms. The maximum Gasteiger partial charge on any atom is 0.132 e. The number of hydrogen-bond donors (Lipinski definition) is 1. The summed E-state index contributed by atoms with van der Waals surface area (Å²) in [6.07, 6.45) is 11.0. The molecule has 2 aliphatic carbocycles. The Morgan fingerprint density at radius 3 is 2.71 bits per heavy atom. The van der Waals surface area contributed by atoms with Gasteiger partial charge in [-0.25, -0.2) is 0 Å². The molecule has 1 N–H and O–H groups in total. The van der Waals surface area contributed by atoms with Crippen molar-refractivity contribution in [2.75, 3.05) is 13.6 Å². The zero-order chi connectivity index (χ0) is 19.9. The number of ketones is 1. The van der Waals surface area contributed by atoms with Crippen LogP contribution in [0.15, 0.2) is 18.2 Å². The van der Waals surface area contributed by atoms with E-state index < -0.39 is 0 Å². The summed E-state index contributed by atoms with van der Waals surface area (Å²) >= 11 is 0. The fraction of sp³-hybridized carbons (Fsp3) is 0.720. The summed E-state index contributed by atoms with van der Waals surface area (Å²) in [6, 6.07) is 6.40. The Balaban J connectivity index is 1.52. The molecule has 1 heterocycles. The summed E-state index contributed by atoms with van der Waals surface area (Å²) in [4.78, 5) is 15.3. The molecule has 2 bridgehead atoms. The van der Waals surface area contributed by atoms with E-state index in [0.29, 0.717) is 24.0 Å². The molecule has 3 aliphatic rings. The van der Waals surface area contributed by atoms with Crippen LogP contribution in [-0.2, 0) is 16.6 Å². The monoisotopic (exact) mass is 383 g/mol. The summed E-state index contributed by atoms with van der Waals surface area (Å²) in [7, 11) is 2.25. The van der Waals surface area contributed by atoms with Gasteiger partial charge in [-0.1, -0.05) is 45.6 Å². The van der Waals surface area contributed by atoms with Crippen LogP contribution in [0.25, 0.3) is 0 Å². The molecule has 28 heavy (non-hydrogen) atoms. The third-order valence-corrected chi connectivity index (χ3v) is 8.82. The van der Waals surface area contributed by atoms with Crippen LogP contribution in [0, 0.1) is 11.3 Å². The van der Waals surface area contributed by atoms with Crippen LogP contribution in [-0.4, -0.2) is 35.4 Å². The van der Waals surface area contributed by atoms with E-state index in [1.54, 1.807) is 0 Å². The van der Waals surface area contributed by atoms with Crippen molar-refractivity contribution in [1.82, 2.24) is 4.90 Å². The predicted molar refractivity (Wildman–Crippen MR) is 114 cm³/mol. The van der Waals surface area contributed by atoms with Gasteiger partial charge < -0.3 is 10.0 Å². The number of nitrogens with zero attached hydrogens (tertiary/aromatic N) is 1. The van der Waals surface area contributed by atoms with E-state index >= 15 is 0 Å². The van der Waals surface area contributed by atoms with Gasteiger partial charge in [0.1, 0.15) is 11.5 Å². The van der Waals surface area contributed by atoms with E-state index in [-0.39, 0.29) is 10.8 Å². The molecule has 1 saturated heterocycles. The third kappa shape index (κ3) is 3.30. The topological polar surface area (TPSA) is 40.5 Å². The highest BCUT2D eigenvalue weighted by Crippen LogP contribution is 2.58. The summed E-state index contributed by atoms with van der Waals surface area (Å²) in [6.45, 7) is 5.87. The van der Waals surface area contributed by atoms with Gasteiger partial charge in [0.25, 0.3) is 0 Å². The van der Waals surface area contributed by atoms with E-state index in [0.717, 1.165) is 44.6 Å². The van der Waals surface area contributed by atoms with Crippen molar-refractivity contribution >= 4 is 5.78 Å². The highest BCUT2D eigenvalue weighted by Gasteiger charge is 2.57. The van der Waals surface area contributed by atoms with Gasteiger partial charge >= 0.3 is 0 Å². The Bertz CT molecular complexity index is 738. The largest absolute Gasteiger partial charge is 0.508 e. The standard InChI is InChI=1S/C25H37NO2/c1-24-14-15-26(3)23(16-19-9-11-21(28)17-22(19)24)25(24,2)13-12-20(27)10-8-18-6-4-5-7-18/h9,11,17-18,23,28H,4-8,10,12-16H2,1-3H3/t23?,24?,25-/m1/s1. The van der Waals surface area contributed by atoms with Gasteiger partial charge in [0, 0.05) is 24.3 Å². The van der Waals surface area contributed by atoms with Crippen LogP contribution in [0.4, 0.5) is 0 Å². The Kier molecular flexibility index (Phi) is 5.33. The first kappa shape index (κ1) is 19.9. The van der Waals surface area contributed by atoms with Crippen molar-refractivity contribution in [3.05, 3.63) is 29.3 Å². The van der Waals surface area contributed by atoms with E-state index in [1.165, 1.54) is 36.8 Å². The summed E-state index contributed by atoms with van der Waals surface area (Å²) in [5, 5.41) is 10.1. The highest BCUT2D eigenvalue weighted by atomic mass is 16.3. The van der Waals surface area contributed by atoms with E-state index in [1.807, 2.05) is 12.1 Å². The molecule has 1 aromatic carbocycles. The molecule has 3 heteroatoms. The molecule has 0 radical (unpaired) electrons. The van der Waals surface area contributed by atoms with Gasteiger partial charge in [-0.15, -0.1) is 0 Å². The molecule has 0 aromatic heterocycles. The normalized spacial score (nSPS) is 33.0. The average molecular weight is 384 g/mol. The number of likely N-dealkylation sites (N-methyl/N-ethyl adjacent to an activating group) is 1. The van der Waals surface area contributed by atoms with Crippen molar-refractivity contribution in [3.8, 4) is 5.75 Å². The quantitative estimate of drug-likeness (QED) is 0.731. The van der Waals surface area contributed by atoms with Crippen LogP contribution in [0.1, 0.15) is 82.8 Å². The molecule has 2 fully saturated rings. The molecule has 1 saturated carbocycles. The number of benzene rings is 1. The maximum atomic E-state index is 12.7. The molecule has 3 atom stereocenters. The van der Waals surface area contributed by atoms with Gasteiger partial charge in [0.05, 0.1) is 0 Å². The van der Waals surface area contributed by atoms with Crippen molar-refractivity contribution < 1.29 is 9.90 Å². The lowest BCUT2D eigenvalue weighted by Gasteiger charge is -2.62. The molecule has 154 valence electrons. The lowest BCUT2D eigenvalue weighted by molar-refractivity contribution is -0.121. The zero-order valence-electron chi connectivity index (χ0n) is 18.0. The Hall–Kier alpha value is -1.35. The van der Waals surface area contributed by atoms with Gasteiger partial charge in [0.15, 0.2) is 0 Å². The van der Waals surface area contributed by atoms with Crippen LogP contribution in [0.5, 0.6) is 5.75 Å². The molecule has 1 aliphatic heterocycles. The number of carbonyl (C=O) groups excluding carboxylic acids is 1. The van der Waals surface area contributed by atoms with Crippen molar-refractivity contribution in [1.29, 1.82) is 0 Å². The Morgan fingerprint density at radius 1 is 1.21 bits per heavy atom. The molecule has 2 unspecified atom stereocenters. The molecular formula is C25H37NO2. The first-order valence-electron chi connectivity index (χ1n) is 11.4. The van der Waals surface area contributed by atoms with Gasteiger partial charge in [-0.3, -0.25) is 4.79 Å². The molecular weight excluding hydrogens is 346 g/mol. The SMILES string of the molecule is CN1CCC2(C)c3cc(O)ccc3CC1[C@@]2(C)CCC(=O)CCC1CCCC1. The van der Waals surface area contributed by atoms with E-state index in [2.05, 4.69) is 31.9 Å². The van der Waals surface area contributed by atoms with E-state index in [4.69, 9.17) is 0 Å². The number of piperidine rings is 1. The fourth-order valence-electron chi connectivity index (χ4n) is 6.61. The number of phenols is 1. The fourth-order valence-corrected chi connectivity index (χ4v) is 6.61. The number of aromatic hydroxyl groups is 1. The van der Waals surface area contributed by atoms with Crippen molar-refractivity contribution in [2.24, 2.45) is 11.3 Å². The zero-order valence-corrected chi connectivity index (χ0v) is 18.0. The Morgan fingerprint density at radius 2 is 1.96 bits per heavy atom. The van der Waals surface area contributed by atoms with Crippen LogP contribution < -0.4 is 0 Å². The van der Waals surface area contributed by atoms with Crippen molar-refractivity contribution in [3.63, 3.8) is 0 Å². The maximum absolute atomic E-state index is 12.7. The van der Waals surface area contributed by atoms with Crippen molar-refractivity contribution in [2.45, 2.75) is 89.5 Å². The molecule has 1 aromatic rings. The number of Topliss-reactive ketones (excluding diaryl/α,β-unsaturated/α-hetero) is 1. The number of phenolic OH excluding ortho intramolecular Hbond substituents is 1. The number of likely N-dealkylation sites (tertiary alicyclic amines) is 1. The second-order valence-electron chi connectivity index (χ2n) is 10.3. The highest BCUT2D eigenvalue weighted by molar-refractivity contribution is 5.78. The molecule has 4 rings (SSSR count). The average Bonchev–Trinajstić information content (AvgIpc) is 3.19. The molecule has 0 amide bonds. The lowest BCUT2D eigenvalue weighted by atomic mass is 9.49. The van der Waals surface area contributed by atoms with Gasteiger partial charge in [0.2, 0.25) is 0 Å². The number of hydrogen-bond acceptors (Lipinski definition) is 3. The van der Waals surface area contributed by atoms with Crippen LogP contribution in [0.2, 0.25) is 0 Å². The predicted octanol–water partition coefficient (Wildman–Crippen LogP) is 5.24. The van der Waals surface area contributed by atoms with Gasteiger partial charge in [-0.05, 0) is 73.9 Å². The van der Waals surface area contributed by atoms with Crippen LogP contribution in [0.3, 0.4) is 0 Å². The minimum Gasteiger partial charge on any atom is -0.508 e. The first-order valence-corrected chi connectivity index (χ1v) is 11.4. The second kappa shape index (κ2) is 7.48. The Labute approximate surface area is 170 Å². The number of rotatable bonds is 6. The minimum absolute atomic E-state index is 0.0161. The number of carbonyl (C=O) groups is 1. The summed E-state index contributed by atoms with van der Waals surface area (Å²) in [5.74, 6) is 1.62. The minimum atomic E-state index is 0.0161. The first-order chi connectivity index (χ1) is 13.3. The molecule has 3 nitrogen and oxygen atoms in total. The summed E-state index contributed by atoms with van der Waals surface area (Å²) in [5.41, 5.74) is 2.77. The van der Waals surface area contributed by atoms with E-state index in [9.17, 15) is 9.90 Å². The third-order valence-electron chi connectivity index (χ3n) is 8.82. The smallest absolute Gasteiger partial charge is 0.132 e. The second-order valence-corrected chi connectivity index (χ2v) is 10.3. The van der Waals surface area contributed by atoms with Crippen LogP contribution >= 0.6 is 0 Å².